The molecule has 18 heavy (non-hydrogen) atoms. The van der Waals surface area contributed by atoms with Gasteiger partial charge in [0.1, 0.15) is 5.67 Å². The van der Waals surface area contributed by atoms with Crippen LogP contribution in [0.4, 0.5) is 10.3 Å². The first-order valence-electron chi connectivity index (χ1n) is 5.54. The molecule has 96 valence electrons. The Kier molecular flexibility index (Phi) is 2.18. The first-order valence-corrected chi connectivity index (χ1v) is 5.54. The summed E-state index contributed by atoms with van der Waals surface area (Å²) in [7, 11) is 0. The molecule has 1 fully saturated rings. The second kappa shape index (κ2) is 3.52. The number of nitrogens with one attached hydrogen (secondary N) is 1. The number of aliphatic hydroxyl groups excluding tert-OH is 1. The fraction of sp³-hybridized carbons (Fsp3) is 0.500. The maximum atomic E-state index is 14.1. The number of alkyl halides is 1. The number of nitrogens with two attached hydrogens (primary N) is 1. The van der Waals surface area contributed by atoms with E-state index in [4.69, 9.17) is 10.8 Å². The molecule has 0 radical (unpaired) electrons. The van der Waals surface area contributed by atoms with E-state index in [2.05, 4.69) is 15.0 Å². The maximum absolute atomic E-state index is 14.1. The molecule has 8 heteroatoms. The highest BCUT2D eigenvalue weighted by molar-refractivity contribution is 5.70. The second-order valence-electron chi connectivity index (χ2n) is 4.61. The lowest BCUT2D eigenvalue weighted by atomic mass is 10.3. The number of aromatic nitrogens is 4. The molecule has 3 rings (SSSR count). The summed E-state index contributed by atoms with van der Waals surface area (Å²) in [6.07, 6.45) is 1.67. The average molecular weight is 253 g/mol. The van der Waals surface area contributed by atoms with Gasteiger partial charge < -0.3 is 15.4 Å². The van der Waals surface area contributed by atoms with Crippen molar-refractivity contribution in [2.75, 3.05) is 12.3 Å². The number of anilines is 1. The zero-order valence-corrected chi connectivity index (χ0v) is 9.43. The molecule has 0 aromatic carbocycles. The van der Waals surface area contributed by atoms with E-state index < -0.39 is 11.2 Å². The molecule has 7 nitrogen and oxygen atoms in total. The SMILES string of the molecule is Nc1nc2c(ncn2C[C@@]2(F)C[C@@H]2CO)c(=O)[nH]1. The van der Waals surface area contributed by atoms with Crippen molar-refractivity contribution in [2.45, 2.75) is 18.6 Å². The molecule has 0 aliphatic heterocycles. The Balaban J connectivity index is 2.01. The number of halogens is 1. The van der Waals surface area contributed by atoms with Crippen molar-refractivity contribution in [1.82, 2.24) is 19.5 Å². The van der Waals surface area contributed by atoms with E-state index in [1.165, 1.54) is 10.9 Å². The fourth-order valence-electron chi connectivity index (χ4n) is 2.14. The lowest BCUT2D eigenvalue weighted by molar-refractivity contribution is 0.194. The number of fused-ring (bicyclic) bond motifs is 1. The Labute approximate surface area is 100 Å². The highest BCUT2D eigenvalue weighted by Gasteiger charge is 2.55. The molecule has 0 amide bonds. The third-order valence-electron chi connectivity index (χ3n) is 3.30. The van der Waals surface area contributed by atoms with Crippen molar-refractivity contribution in [3.63, 3.8) is 0 Å². The predicted molar refractivity (Wildman–Crippen MR) is 61.6 cm³/mol. The number of aromatic amines is 1. The number of hydrogen-bond donors (Lipinski definition) is 3. The van der Waals surface area contributed by atoms with Gasteiger partial charge >= 0.3 is 0 Å². The Hall–Kier alpha value is -1.96. The number of nitrogen functional groups attached to an aromatic ring is 1. The predicted octanol–water partition coefficient (Wildman–Crippen LogP) is -0.578. The Morgan fingerprint density at radius 3 is 3.17 bits per heavy atom. The summed E-state index contributed by atoms with van der Waals surface area (Å²) >= 11 is 0. The van der Waals surface area contributed by atoms with Gasteiger partial charge in [0.15, 0.2) is 11.2 Å². The minimum absolute atomic E-state index is 0.0185. The van der Waals surface area contributed by atoms with Crippen LogP contribution in [-0.4, -0.2) is 36.9 Å². The van der Waals surface area contributed by atoms with Crippen LogP contribution in [0.25, 0.3) is 11.2 Å². The first-order chi connectivity index (χ1) is 8.53. The third kappa shape index (κ3) is 1.57. The van der Waals surface area contributed by atoms with Crippen LogP contribution in [0.3, 0.4) is 0 Å². The minimum atomic E-state index is -1.44. The van der Waals surface area contributed by atoms with Crippen LogP contribution in [0.2, 0.25) is 0 Å². The van der Waals surface area contributed by atoms with Gasteiger partial charge in [-0.15, -0.1) is 0 Å². The lowest BCUT2D eigenvalue weighted by Gasteiger charge is -2.08. The van der Waals surface area contributed by atoms with E-state index >= 15 is 0 Å². The molecule has 1 aliphatic rings. The van der Waals surface area contributed by atoms with Crippen molar-refractivity contribution in [3.8, 4) is 0 Å². The fourth-order valence-corrected chi connectivity index (χ4v) is 2.14. The number of imidazole rings is 1. The number of nitrogens with zero attached hydrogens (tertiary/aromatic N) is 3. The summed E-state index contributed by atoms with van der Waals surface area (Å²) in [5, 5.41) is 8.92. The van der Waals surface area contributed by atoms with Gasteiger partial charge in [-0.25, -0.2) is 9.37 Å². The van der Waals surface area contributed by atoms with Crippen LogP contribution in [0.1, 0.15) is 6.42 Å². The van der Waals surface area contributed by atoms with E-state index in [0.717, 1.165) is 0 Å². The zero-order chi connectivity index (χ0) is 12.9. The van der Waals surface area contributed by atoms with E-state index in [0.29, 0.717) is 6.42 Å². The Morgan fingerprint density at radius 2 is 2.50 bits per heavy atom. The van der Waals surface area contributed by atoms with Crippen molar-refractivity contribution < 1.29 is 9.50 Å². The summed E-state index contributed by atoms with van der Waals surface area (Å²) in [4.78, 5) is 21.7. The molecule has 0 bridgehead atoms. The van der Waals surface area contributed by atoms with Crippen LogP contribution < -0.4 is 11.3 Å². The van der Waals surface area contributed by atoms with Gasteiger partial charge in [0.2, 0.25) is 5.95 Å². The number of rotatable bonds is 3. The first kappa shape index (κ1) is 11.1. The minimum Gasteiger partial charge on any atom is -0.396 e. The molecule has 2 heterocycles. The van der Waals surface area contributed by atoms with E-state index in [1.807, 2.05) is 0 Å². The molecule has 1 aliphatic carbocycles. The van der Waals surface area contributed by atoms with Crippen LogP contribution >= 0.6 is 0 Å². The van der Waals surface area contributed by atoms with Gasteiger partial charge in [-0.2, -0.15) is 4.98 Å². The molecule has 2 aromatic heterocycles. The zero-order valence-electron chi connectivity index (χ0n) is 9.43. The number of H-pyrrole nitrogens is 1. The normalized spacial score (nSPS) is 26.7. The van der Waals surface area contributed by atoms with Gasteiger partial charge in [0.25, 0.3) is 5.56 Å². The number of aliphatic hydroxyl groups is 1. The van der Waals surface area contributed by atoms with Gasteiger partial charge in [-0.3, -0.25) is 9.78 Å². The summed E-state index contributed by atoms with van der Waals surface area (Å²) in [6.45, 7) is -0.163. The molecule has 0 spiro atoms. The molecular formula is C10H12FN5O2. The molecule has 0 unspecified atom stereocenters. The monoisotopic (exact) mass is 253 g/mol. The molecule has 0 saturated heterocycles. The van der Waals surface area contributed by atoms with E-state index in [9.17, 15) is 9.18 Å². The molecular weight excluding hydrogens is 241 g/mol. The van der Waals surface area contributed by atoms with E-state index in [1.54, 1.807) is 0 Å². The summed E-state index contributed by atoms with van der Waals surface area (Å²) in [5.74, 6) is -0.383. The Bertz CT molecular complexity index is 666. The van der Waals surface area contributed by atoms with Gasteiger partial charge in [-0.1, -0.05) is 0 Å². The van der Waals surface area contributed by atoms with Crippen LogP contribution in [0.15, 0.2) is 11.1 Å². The van der Waals surface area contributed by atoms with Crippen LogP contribution in [-0.2, 0) is 6.54 Å². The van der Waals surface area contributed by atoms with Crippen molar-refractivity contribution in [3.05, 3.63) is 16.7 Å². The molecule has 4 N–H and O–H groups in total. The van der Waals surface area contributed by atoms with Gasteiger partial charge in [0, 0.05) is 12.5 Å². The van der Waals surface area contributed by atoms with Crippen LogP contribution in [0.5, 0.6) is 0 Å². The van der Waals surface area contributed by atoms with Crippen molar-refractivity contribution in [1.29, 1.82) is 0 Å². The van der Waals surface area contributed by atoms with Gasteiger partial charge in [0.05, 0.1) is 12.9 Å². The molecule has 2 atom stereocenters. The quantitative estimate of drug-likeness (QED) is 0.678. The Morgan fingerprint density at radius 1 is 1.72 bits per heavy atom. The smallest absolute Gasteiger partial charge is 0.280 e. The second-order valence-corrected chi connectivity index (χ2v) is 4.61. The molecule has 2 aromatic rings. The standard InChI is InChI=1S/C10H12FN5O2/c11-10(1-5(10)2-17)3-16-4-13-6-7(16)14-9(12)15-8(6)18/h4-5,17H,1-3H2,(H3,12,14,15,18)/t5-,10+/m1/s1. The topological polar surface area (TPSA) is 110 Å². The maximum Gasteiger partial charge on any atom is 0.280 e. The lowest BCUT2D eigenvalue weighted by Crippen LogP contribution is -2.17. The summed E-state index contributed by atoms with van der Waals surface area (Å²) in [6, 6.07) is 0. The summed E-state index contributed by atoms with van der Waals surface area (Å²) in [5.41, 5.74) is 3.95. The summed E-state index contributed by atoms with van der Waals surface area (Å²) < 4.78 is 15.6. The van der Waals surface area contributed by atoms with Gasteiger partial charge in [-0.05, 0) is 6.42 Å². The number of hydrogen-bond acceptors (Lipinski definition) is 5. The van der Waals surface area contributed by atoms with E-state index in [-0.39, 0.29) is 36.2 Å². The van der Waals surface area contributed by atoms with Crippen molar-refractivity contribution in [2.24, 2.45) is 5.92 Å². The highest BCUT2D eigenvalue weighted by Crippen LogP contribution is 2.48. The highest BCUT2D eigenvalue weighted by atomic mass is 19.1. The average Bonchev–Trinajstić information content (AvgIpc) is 2.79. The van der Waals surface area contributed by atoms with Crippen LogP contribution in [0, 0.1) is 5.92 Å². The molecule has 1 saturated carbocycles. The largest absolute Gasteiger partial charge is 0.396 e. The third-order valence-corrected chi connectivity index (χ3v) is 3.30. The van der Waals surface area contributed by atoms with Crippen molar-refractivity contribution >= 4 is 17.1 Å².